The molecule has 18 heavy (non-hydrogen) atoms. The Kier molecular flexibility index (Phi) is 5.26. The van der Waals surface area contributed by atoms with Crippen LogP contribution in [-0.4, -0.2) is 34.7 Å². The molecule has 2 nitrogen and oxygen atoms in total. The van der Waals surface area contributed by atoms with Crippen LogP contribution in [0.3, 0.4) is 0 Å². The number of likely N-dealkylation sites (tertiary alicyclic amines) is 1. The highest BCUT2D eigenvalue weighted by Gasteiger charge is 2.14. The number of hydrogen-bond acceptors (Lipinski definition) is 3. The van der Waals surface area contributed by atoms with Crippen LogP contribution in [0, 0.1) is 5.82 Å². The molecule has 1 fully saturated rings. The van der Waals surface area contributed by atoms with Crippen LogP contribution in [0.5, 0.6) is 5.75 Å². The molecule has 0 saturated carbocycles. The summed E-state index contributed by atoms with van der Waals surface area (Å²) in [4.78, 5) is 2.23. The third-order valence-corrected chi connectivity index (χ3v) is 4.26. The van der Waals surface area contributed by atoms with Gasteiger partial charge in [0.2, 0.25) is 0 Å². The second kappa shape index (κ2) is 6.95. The number of benzene rings is 1. The van der Waals surface area contributed by atoms with Gasteiger partial charge in [-0.1, -0.05) is 36.1 Å². The van der Waals surface area contributed by atoms with Gasteiger partial charge in [0.25, 0.3) is 0 Å². The summed E-state index contributed by atoms with van der Waals surface area (Å²) in [6, 6.07) is 6.45. The van der Waals surface area contributed by atoms with Crippen LogP contribution >= 0.6 is 24.0 Å². The van der Waals surface area contributed by atoms with Crippen molar-refractivity contribution in [1.82, 2.24) is 4.90 Å². The highest BCUT2D eigenvalue weighted by atomic mass is 32.2. The number of thioether (sulfide) groups is 1. The Hall–Kier alpha value is -0.810. The van der Waals surface area contributed by atoms with E-state index in [4.69, 9.17) is 17.0 Å². The van der Waals surface area contributed by atoms with E-state index in [2.05, 4.69) is 4.90 Å². The van der Waals surface area contributed by atoms with Gasteiger partial charge in [-0.3, -0.25) is 0 Å². The van der Waals surface area contributed by atoms with Gasteiger partial charge in [-0.2, -0.15) is 0 Å². The average molecular weight is 285 g/mol. The van der Waals surface area contributed by atoms with Crippen molar-refractivity contribution in [2.75, 3.05) is 25.4 Å². The van der Waals surface area contributed by atoms with E-state index in [1.165, 1.54) is 18.9 Å². The number of hydrogen-bond donors (Lipinski definition) is 0. The maximum absolute atomic E-state index is 13.3. The molecule has 5 heteroatoms. The molecule has 1 aliphatic rings. The van der Waals surface area contributed by atoms with E-state index in [-0.39, 0.29) is 5.82 Å². The smallest absolute Gasteiger partial charge is 0.165 e. The molecule has 1 saturated heterocycles. The minimum Gasteiger partial charge on any atom is -0.490 e. The monoisotopic (exact) mass is 285 g/mol. The molecule has 0 atom stereocenters. The molecule has 1 heterocycles. The number of para-hydroxylation sites is 1. The molecule has 0 aromatic heterocycles. The van der Waals surface area contributed by atoms with Crippen molar-refractivity contribution in [1.29, 1.82) is 0 Å². The Bertz CT molecular complexity index is 408. The maximum atomic E-state index is 13.3. The number of rotatable bonds is 4. The highest BCUT2D eigenvalue weighted by molar-refractivity contribution is 8.22. The van der Waals surface area contributed by atoms with Crippen LogP contribution in [-0.2, 0) is 0 Å². The summed E-state index contributed by atoms with van der Waals surface area (Å²) < 4.78 is 19.6. The first-order valence-corrected chi connectivity index (χ1v) is 7.46. The van der Waals surface area contributed by atoms with Crippen molar-refractivity contribution in [2.24, 2.45) is 0 Å². The molecular formula is C13H16FNOS2. The largest absolute Gasteiger partial charge is 0.490 e. The molecule has 2 rings (SSSR count). The summed E-state index contributed by atoms with van der Waals surface area (Å²) in [5, 5.41) is 0. The molecule has 0 radical (unpaired) electrons. The first-order valence-electron chi connectivity index (χ1n) is 6.06. The minimum atomic E-state index is -0.315. The Morgan fingerprint density at radius 1 is 1.33 bits per heavy atom. The number of nitrogens with zero attached hydrogens (tertiary/aromatic N) is 1. The minimum absolute atomic E-state index is 0.310. The molecule has 0 bridgehead atoms. The fraction of sp³-hybridized carbons (Fsp3) is 0.462. The van der Waals surface area contributed by atoms with Crippen LogP contribution in [0.15, 0.2) is 24.3 Å². The van der Waals surface area contributed by atoms with Crippen LogP contribution in [0.4, 0.5) is 4.39 Å². The number of thiocarbonyl (C=S) groups is 1. The maximum Gasteiger partial charge on any atom is 0.165 e. The Morgan fingerprint density at radius 3 is 2.78 bits per heavy atom. The summed E-state index contributed by atoms with van der Waals surface area (Å²) in [5.41, 5.74) is 0. The summed E-state index contributed by atoms with van der Waals surface area (Å²) in [6.45, 7) is 2.61. The lowest BCUT2D eigenvalue weighted by molar-refractivity contribution is 0.325. The van der Waals surface area contributed by atoms with Gasteiger partial charge in [-0.05, 0) is 25.0 Å². The summed E-state index contributed by atoms with van der Waals surface area (Å²) in [6.07, 6.45) is 2.46. The molecule has 0 spiro atoms. The van der Waals surface area contributed by atoms with E-state index in [1.54, 1.807) is 30.0 Å². The van der Waals surface area contributed by atoms with Crippen molar-refractivity contribution in [3.8, 4) is 5.75 Å². The average Bonchev–Trinajstić information content (AvgIpc) is 2.90. The van der Waals surface area contributed by atoms with Crippen LogP contribution in [0.1, 0.15) is 12.8 Å². The fourth-order valence-corrected chi connectivity index (χ4v) is 2.97. The molecule has 98 valence electrons. The van der Waals surface area contributed by atoms with Crippen molar-refractivity contribution < 1.29 is 9.13 Å². The molecule has 1 aromatic carbocycles. The third-order valence-electron chi connectivity index (χ3n) is 2.77. The number of halogens is 1. The molecule has 0 N–H and O–H groups in total. The normalized spacial score (nSPS) is 14.8. The summed E-state index contributed by atoms with van der Waals surface area (Å²) in [5.74, 6) is 0.749. The number of ether oxygens (including phenoxy) is 1. The van der Waals surface area contributed by atoms with Gasteiger partial charge in [-0.15, -0.1) is 0 Å². The lowest BCUT2D eigenvalue weighted by Crippen LogP contribution is -2.24. The van der Waals surface area contributed by atoms with Crippen molar-refractivity contribution in [3.05, 3.63) is 30.1 Å². The van der Waals surface area contributed by atoms with E-state index in [0.717, 1.165) is 23.2 Å². The predicted octanol–water partition coefficient (Wildman–Crippen LogP) is 3.32. The Labute approximate surface area is 117 Å². The Balaban J connectivity index is 1.67. The van der Waals surface area contributed by atoms with Gasteiger partial charge < -0.3 is 9.64 Å². The van der Waals surface area contributed by atoms with Crippen molar-refractivity contribution in [2.45, 2.75) is 12.8 Å². The molecular weight excluding hydrogens is 269 g/mol. The lowest BCUT2D eigenvalue weighted by Gasteiger charge is -2.17. The van der Waals surface area contributed by atoms with E-state index in [9.17, 15) is 4.39 Å². The summed E-state index contributed by atoms with van der Waals surface area (Å²) >= 11 is 6.94. The Morgan fingerprint density at radius 2 is 2.06 bits per heavy atom. The fourth-order valence-electron chi connectivity index (χ4n) is 1.83. The molecule has 0 amide bonds. The topological polar surface area (TPSA) is 12.5 Å². The summed E-state index contributed by atoms with van der Waals surface area (Å²) in [7, 11) is 0. The van der Waals surface area contributed by atoms with Gasteiger partial charge in [0.15, 0.2) is 11.6 Å². The van der Waals surface area contributed by atoms with Crippen molar-refractivity contribution in [3.63, 3.8) is 0 Å². The quantitative estimate of drug-likeness (QED) is 0.621. The third kappa shape index (κ3) is 3.85. The van der Waals surface area contributed by atoms with Crippen LogP contribution < -0.4 is 4.74 Å². The zero-order valence-corrected chi connectivity index (χ0v) is 11.7. The zero-order chi connectivity index (χ0) is 12.8. The van der Waals surface area contributed by atoms with E-state index >= 15 is 0 Å². The van der Waals surface area contributed by atoms with Gasteiger partial charge in [0, 0.05) is 18.8 Å². The van der Waals surface area contributed by atoms with Crippen LogP contribution in [0.2, 0.25) is 0 Å². The molecule has 1 aromatic rings. The van der Waals surface area contributed by atoms with Gasteiger partial charge in [0.1, 0.15) is 4.32 Å². The molecule has 1 aliphatic heterocycles. The molecule has 0 aliphatic carbocycles. The SMILES string of the molecule is Fc1ccccc1OCCSC(=S)N1CCCC1. The highest BCUT2D eigenvalue weighted by Crippen LogP contribution is 2.18. The zero-order valence-electron chi connectivity index (χ0n) is 10.1. The predicted molar refractivity (Wildman–Crippen MR) is 77.8 cm³/mol. The first-order chi connectivity index (χ1) is 8.77. The van der Waals surface area contributed by atoms with Gasteiger partial charge in [-0.25, -0.2) is 4.39 Å². The van der Waals surface area contributed by atoms with E-state index < -0.39 is 0 Å². The first kappa shape index (κ1) is 13.6. The lowest BCUT2D eigenvalue weighted by atomic mass is 10.3. The molecule has 0 unspecified atom stereocenters. The van der Waals surface area contributed by atoms with E-state index in [0.29, 0.717) is 12.4 Å². The second-order valence-electron chi connectivity index (χ2n) is 4.09. The van der Waals surface area contributed by atoms with E-state index in [1.807, 2.05) is 0 Å². The van der Waals surface area contributed by atoms with Gasteiger partial charge >= 0.3 is 0 Å². The van der Waals surface area contributed by atoms with Crippen molar-refractivity contribution >= 4 is 28.3 Å². The van der Waals surface area contributed by atoms with Crippen LogP contribution in [0.25, 0.3) is 0 Å². The van der Waals surface area contributed by atoms with Gasteiger partial charge in [0.05, 0.1) is 6.61 Å². The standard InChI is InChI=1S/C13H16FNOS2/c14-11-5-1-2-6-12(11)16-9-10-18-13(17)15-7-3-4-8-15/h1-2,5-6H,3-4,7-10H2. The second-order valence-corrected chi connectivity index (χ2v) is 5.82.